The summed E-state index contributed by atoms with van der Waals surface area (Å²) in [7, 11) is -3.72. The Kier molecular flexibility index (Phi) is 6.98. The van der Waals surface area contributed by atoms with Gasteiger partial charge in [0.25, 0.3) is 0 Å². The number of nitrogen functional groups attached to an aromatic ring is 1. The summed E-state index contributed by atoms with van der Waals surface area (Å²) in [5.41, 5.74) is 6.78. The van der Waals surface area contributed by atoms with Crippen molar-refractivity contribution in [1.29, 1.82) is 0 Å². The summed E-state index contributed by atoms with van der Waals surface area (Å²) >= 11 is 0. The predicted molar refractivity (Wildman–Crippen MR) is 88.6 cm³/mol. The molecule has 6 heteroatoms. The third kappa shape index (κ3) is 7.34. The summed E-state index contributed by atoms with van der Waals surface area (Å²) in [4.78, 5) is 0.0435. The van der Waals surface area contributed by atoms with Gasteiger partial charge in [0.05, 0.1) is 4.90 Å². The zero-order valence-corrected chi connectivity index (χ0v) is 13.7. The molecule has 120 valence electrons. The Hall–Kier alpha value is -1.27. The Morgan fingerprint density at radius 1 is 1.10 bits per heavy atom. The Morgan fingerprint density at radius 2 is 1.76 bits per heavy atom. The van der Waals surface area contributed by atoms with Crippen LogP contribution in [0.1, 0.15) is 46.0 Å². The van der Waals surface area contributed by atoms with E-state index in [2.05, 4.69) is 19.2 Å². The van der Waals surface area contributed by atoms with Crippen LogP contribution < -0.4 is 16.2 Å². The molecule has 5 nitrogen and oxygen atoms in total. The molecule has 0 unspecified atom stereocenters. The molecule has 5 N–H and O–H groups in total. The minimum Gasteiger partial charge on any atom is -0.399 e. The van der Waals surface area contributed by atoms with Crippen LogP contribution in [0.15, 0.2) is 23.1 Å². The molecule has 0 heterocycles. The second kappa shape index (κ2) is 8.24. The van der Waals surface area contributed by atoms with Crippen LogP contribution in [0.5, 0.6) is 0 Å². The van der Waals surface area contributed by atoms with Crippen molar-refractivity contribution in [3.05, 3.63) is 18.2 Å². The van der Waals surface area contributed by atoms with Gasteiger partial charge < -0.3 is 11.1 Å². The lowest BCUT2D eigenvalue weighted by Crippen LogP contribution is -2.13. The van der Waals surface area contributed by atoms with Crippen molar-refractivity contribution in [1.82, 2.24) is 0 Å². The van der Waals surface area contributed by atoms with Crippen LogP contribution in [0.25, 0.3) is 0 Å². The summed E-state index contributed by atoms with van der Waals surface area (Å²) in [6.07, 6.45) is 6.01. The number of rotatable bonds is 9. The van der Waals surface area contributed by atoms with Gasteiger partial charge in [0.2, 0.25) is 10.0 Å². The summed E-state index contributed by atoms with van der Waals surface area (Å²) in [6.45, 7) is 5.28. The van der Waals surface area contributed by atoms with Gasteiger partial charge in [-0.15, -0.1) is 0 Å². The maximum absolute atomic E-state index is 11.3. The molecule has 0 aliphatic carbocycles. The molecular weight excluding hydrogens is 286 g/mol. The molecule has 0 aliphatic rings. The van der Waals surface area contributed by atoms with Gasteiger partial charge in [0.15, 0.2) is 0 Å². The van der Waals surface area contributed by atoms with Crippen molar-refractivity contribution in [3.63, 3.8) is 0 Å². The van der Waals surface area contributed by atoms with Crippen LogP contribution in [0.2, 0.25) is 0 Å². The minimum atomic E-state index is -3.72. The first-order chi connectivity index (χ1) is 9.79. The van der Waals surface area contributed by atoms with Crippen molar-refractivity contribution < 1.29 is 8.42 Å². The Labute approximate surface area is 128 Å². The Balaban J connectivity index is 2.37. The monoisotopic (exact) mass is 313 g/mol. The summed E-state index contributed by atoms with van der Waals surface area (Å²) < 4.78 is 22.7. The quantitative estimate of drug-likeness (QED) is 0.482. The van der Waals surface area contributed by atoms with Gasteiger partial charge in [-0.05, 0) is 30.5 Å². The van der Waals surface area contributed by atoms with Crippen LogP contribution in [0.3, 0.4) is 0 Å². The minimum absolute atomic E-state index is 0.0435. The number of unbranched alkanes of at least 4 members (excludes halogenated alkanes) is 3. The molecule has 1 rings (SSSR count). The number of nitrogens with two attached hydrogens (primary N) is 2. The van der Waals surface area contributed by atoms with E-state index in [9.17, 15) is 8.42 Å². The van der Waals surface area contributed by atoms with Crippen molar-refractivity contribution in [2.45, 2.75) is 50.8 Å². The fourth-order valence-electron chi connectivity index (χ4n) is 2.15. The van der Waals surface area contributed by atoms with Gasteiger partial charge in [0, 0.05) is 17.9 Å². The third-order valence-corrected chi connectivity index (χ3v) is 4.19. The number of anilines is 2. The van der Waals surface area contributed by atoms with Gasteiger partial charge in [-0.2, -0.15) is 0 Å². The number of hydrogen-bond acceptors (Lipinski definition) is 4. The second-order valence-corrected chi connectivity index (χ2v) is 7.42. The van der Waals surface area contributed by atoms with Gasteiger partial charge in [-0.3, -0.25) is 0 Å². The molecule has 0 saturated carbocycles. The van der Waals surface area contributed by atoms with Crippen molar-refractivity contribution in [2.75, 3.05) is 17.6 Å². The standard InChI is InChI=1S/C15H27N3O2S/c1-12(2)7-5-3-4-6-8-18-14-9-13(16)10-15(11-14)21(17,19)20/h9-12,18H,3-8,16H2,1-2H3,(H2,17,19,20). The average molecular weight is 313 g/mol. The van der Waals surface area contributed by atoms with Crippen LogP contribution in [0, 0.1) is 5.92 Å². The van der Waals surface area contributed by atoms with Crippen molar-refractivity contribution in [3.8, 4) is 0 Å². The highest BCUT2D eigenvalue weighted by molar-refractivity contribution is 7.89. The van der Waals surface area contributed by atoms with E-state index >= 15 is 0 Å². The lowest BCUT2D eigenvalue weighted by Gasteiger charge is -2.09. The van der Waals surface area contributed by atoms with Gasteiger partial charge in [-0.1, -0.05) is 39.5 Å². The Morgan fingerprint density at radius 3 is 2.38 bits per heavy atom. The van der Waals surface area contributed by atoms with Crippen LogP contribution in [-0.2, 0) is 10.0 Å². The molecule has 0 aliphatic heterocycles. The molecule has 0 saturated heterocycles. The summed E-state index contributed by atoms with van der Waals surface area (Å²) in [5, 5.41) is 8.32. The van der Waals surface area contributed by atoms with E-state index in [-0.39, 0.29) is 4.90 Å². The van der Waals surface area contributed by atoms with Crippen LogP contribution in [-0.4, -0.2) is 15.0 Å². The fourth-order valence-corrected chi connectivity index (χ4v) is 2.74. The highest BCUT2D eigenvalue weighted by Gasteiger charge is 2.09. The van der Waals surface area contributed by atoms with E-state index in [0.717, 1.165) is 18.9 Å². The predicted octanol–water partition coefficient (Wildman–Crippen LogP) is 2.93. The molecule has 0 atom stereocenters. The number of benzene rings is 1. The number of primary sulfonamides is 1. The molecular formula is C15H27N3O2S. The maximum atomic E-state index is 11.3. The highest BCUT2D eigenvalue weighted by Crippen LogP contribution is 2.19. The Bertz CT molecular complexity index is 542. The summed E-state index contributed by atoms with van der Waals surface area (Å²) in [6, 6.07) is 4.60. The van der Waals surface area contributed by atoms with E-state index in [1.165, 1.54) is 37.8 Å². The van der Waals surface area contributed by atoms with Gasteiger partial charge in [-0.25, -0.2) is 13.6 Å². The maximum Gasteiger partial charge on any atom is 0.238 e. The van der Waals surface area contributed by atoms with E-state index in [4.69, 9.17) is 10.9 Å². The van der Waals surface area contributed by atoms with E-state index in [0.29, 0.717) is 11.4 Å². The zero-order chi connectivity index (χ0) is 15.9. The van der Waals surface area contributed by atoms with Gasteiger partial charge >= 0.3 is 0 Å². The normalized spacial score (nSPS) is 11.8. The highest BCUT2D eigenvalue weighted by atomic mass is 32.2. The number of nitrogens with one attached hydrogen (secondary N) is 1. The van der Waals surface area contributed by atoms with Gasteiger partial charge in [0.1, 0.15) is 0 Å². The lowest BCUT2D eigenvalue weighted by atomic mass is 10.0. The van der Waals surface area contributed by atoms with Crippen molar-refractivity contribution >= 4 is 21.4 Å². The first-order valence-electron chi connectivity index (χ1n) is 7.46. The number of sulfonamides is 1. The van der Waals surface area contributed by atoms with E-state index in [1.54, 1.807) is 6.07 Å². The topological polar surface area (TPSA) is 98.2 Å². The summed E-state index contributed by atoms with van der Waals surface area (Å²) in [5.74, 6) is 0.770. The van der Waals surface area contributed by atoms with Crippen LogP contribution >= 0.6 is 0 Å². The first-order valence-corrected chi connectivity index (χ1v) is 9.01. The number of hydrogen-bond donors (Lipinski definition) is 3. The molecule has 21 heavy (non-hydrogen) atoms. The molecule has 0 radical (unpaired) electrons. The van der Waals surface area contributed by atoms with Crippen LogP contribution in [0.4, 0.5) is 11.4 Å². The smallest absolute Gasteiger partial charge is 0.238 e. The van der Waals surface area contributed by atoms with Crippen molar-refractivity contribution in [2.24, 2.45) is 11.1 Å². The molecule has 1 aromatic rings. The molecule has 0 spiro atoms. The second-order valence-electron chi connectivity index (χ2n) is 5.86. The third-order valence-electron chi connectivity index (χ3n) is 3.29. The molecule has 0 fully saturated rings. The molecule has 1 aromatic carbocycles. The lowest BCUT2D eigenvalue weighted by molar-refractivity contribution is 0.523. The molecule has 0 amide bonds. The average Bonchev–Trinajstić information content (AvgIpc) is 2.35. The largest absolute Gasteiger partial charge is 0.399 e. The molecule has 0 aromatic heterocycles. The van der Waals surface area contributed by atoms with E-state index in [1.807, 2.05) is 0 Å². The zero-order valence-electron chi connectivity index (χ0n) is 12.9. The fraction of sp³-hybridized carbons (Fsp3) is 0.600. The SMILES string of the molecule is CC(C)CCCCCCNc1cc(N)cc(S(N)(=O)=O)c1. The molecule has 0 bridgehead atoms. The first kappa shape index (κ1) is 17.8. The van der Waals surface area contributed by atoms with E-state index < -0.39 is 10.0 Å².